The van der Waals surface area contributed by atoms with Crippen molar-refractivity contribution in [1.29, 1.82) is 0 Å². The van der Waals surface area contributed by atoms with Crippen LogP contribution in [0.3, 0.4) is 0 Å². The summed E-state index contributed by atoms with van der Waals surface area (Å²) in [7, 11) is -1.96. The Balaban J connectivity index is 1.37. The zero-order valence-electron chi connectivity index (χ0n) is 19.1. The lowest BCUT2D eigenvalue weighted by molar-refractivity contribution is -0.151. The number of anilines is 1. The predicted octanol–water partition coefficient (Wildman–Crippen LogP) is 1.16. The van der Waals surface area contributed by atoms with Crippen molar-refractivity contribution in [2.45, 2.75) is 55.8 Å². The topological polar surface area (TPSA) is 91.2 Å². The summed E-state index contributed by atoms with van der Waals surface area (Å²) in [4.78, 5) is 13.2. The molecule has 0 aliphatic carbocycles. The highest BCUT2D eigenvalue weighted by Gasteiger charge is 2.49. The fourth-order valence-electron chi connectivity index (χ4n) is 6.29. The van der Waals surface area contributed by atoms with E-state index < -0.39 is 19.1 Å². The van der Waals surface area contributed by atoms with Crippen molar-refractivity contribution in [3.05, 3.63) is 17.9 Å². The number of rotatable bonds is 5. The molecule has 34 heavy (non-hydrogen) atoms. The molecule has 1 spiro atoms. The summed E-state index contributed by atoms with van der Waals surface area (Å²) in [5.41, 5.74) is -0.846. The molecule has 0 radical (unpaired) electrons. The summed E-state index contributed by atoms with van der Waals surface area (Å²) in [5.74, 6) is -0.263. The Hall–Kier alpha value is -2.08. The van der Waals surface area contributed by atoms with Crippen molar-refractivity contribution in [3.63, 3.8) is 0 Å². The standard InChI is InChI=1S/C23H29BF2N4O4/c25-15-11-22(5-1-9-30(22)12-15)14-33-21-27-19-16(3-4-17(18(19)26)24(31)32)20(28-21)29-8-2-6-23(13-29)7-10-34-23/h3-4,15,31-32H,1-2,5-14H2/t15-,22+,23+/m1/s1. The van der Waals surface area contributed by atoms with Gasteiger partial charge in [-0.3, -0.25) is 4.90 Å². The molecule has 4 aliphatic rings. The number of fused-ring (bicyclic) bond motifs is 2. The highest BCUT2D eigenvalue weighted by molar-refractivity contribution is 6.59. The molecule has 1 aromatic heterocycles. The van der Waals surface area contributed by atoms with Crippen LogP contribution in [0.4, 0.5) is 14.6 Å². The fraction of sp³-hybridized carbons (Fsp3) is 0.652. The van der Waals surface area contributed by atoms with E-state index in [4.69, 9.17) is 9.47 Å². The monoisotopic (exact) mass is 474 g/mol. The third-order valence-corrected chi connectivity index (χ3v) is 8.11. The average molecular weight is 474 g/mol. The number of aromatic nitrogens is 2. The van der Waals surface area contributed by atoms with Crippen LogP contribution >= 0.6 is 0 Å². The maximum atomic E-state index is 15.3. The minimum Gasteiger partial charge on any atom is -0.461 e. The van der Waals surface area contributed by atoms with E-state index in [1.165, 1.54) is 6.07 Å². The number of nitrogens with zero attached hydrogens (tertiary/aromatic N) is 4. The zero-order chi connectivity index (χ0) is 23.5. The van der Waals surface area contributed by atoms with Gasteiger partial charge in [0.05, 0.1) is 17.7 Å². The summed E-state index contributed by atoms with van der Waals surface area (Å²) in [6, 6.07) is 2.99. The van der Waals surface area contributed by atoms with E-state index in [1.807, 2.05) is 0 Å². The van der Waals surface area contributed by atoms with Crippen LogP contribution in [0.1, 0.15) is 38.5 Å². The molecule has 2 aromatic rings. The SMILES string of the molecule is OB(O)c1ccc2c(N3CCC[C@]4(CCO4)C3)nc(OC[C@@]34CCCN3C[C@H](F)C4)nc2c1F. The zero-order valence-corrected chi connectivity index (χ0v) is 19.1. The quantitative estimate of drug-likeness (QED) is 0.625. The molecule has 0 saturated carbocycles. The van der Waals surface area contributed by atoms with E-state index in [0.717, 1.165) is 51.8 Å². The van der Waals surface area contributed by atoms with Crippen LogP contribution < -0.4 is 15.1 Å². The van der Waals surface area contributed by atoms with Gasteiger partial charge < -0.3 is 24.4 Å². The van der Waals surface area contributed by atoms with Crippen LogP contribution in [-0.2, 0) is 4.74 Å². The molecule has 8 nitrogen and oxygen atoms in total. The van der Waals surface area contributed by atoms with Gasteiger partial charge in [0.1, 0.15) is 29.9 Å². The molecule has 0 amide bonds. The minimum atomic E-state index is -1.96. The maximum Gasteiger partial charge on any atom is 0.491 e. The van der Waals surface area contributed by atoms with Crippen LogP contribution in [0.5, 0.6) is 6.01 Å². The Labute approximate surface area is 197 Å². The molecule has 2 N–H and O–H groups in total. The number of hydrogen-bond acceptors (Lipinski definition) is 8. The lowest BCUT2D eigenvalue weighted by Gasteiger charge is -2.48. The van der Waals surface area contributed by atoms with Gasteiger partial charge in [0, 0.05) is 43.3 Å². The van der Waals surface area contributed by atoms with Crippen LogP contribution in [0.25, 0.3) is 10.9 Å². The molecule has 1 aromatic carbocycles. The molecule has 0 unspecified atom stereocenters. The molecule has 4 saturated heterocycles. The van der Waals surface area contributed by atoms with E-state index in [1.54, 1.807) is 6.07 Å². The summed E-state index contributed by atoms with van der Waals surface area (Å²) < 4.78 is 41.4. The third-order valence-electron chi connectivity index (χ3n) is 8.11. The van der Waals surface area contributed by atoms with Gasteiger partial charge in [-0.2, -0.15) is 9.97 Å². The first-order chi connectivity index (χ1) is 16.4. The van der Waals surface area contributed by atoms with E-state index in [0.29, 0.717) is 30.7 Å². The fourth-order valence-corrected chi connectivity index (χ4v) is 6.29. The Bertz CT molecular complexity index is 1100. The molecule has 5 heterocycles. The number of alkyl halides is 1. The largest absolute Gasteiger partial charge is 0.491 e. The molecule has 3 atom stereocenters. The molecular weight excluding hydrogens is 445 g/mol. The van der Waals surface area contributed by atoms with Gasteiger partial charge in [-0.1, -0.05) is 6.07 Å². The van der Waals surface area contributed by atoms with Gasteiger partial charge in [-0.05, 0) is 38.3 Å². The van der Waals surface area contributed by atoms with E-state index in [-0.39, 0.29) is 34.7 Å². The maximum absolute atomic E-state index is 15.3. The van der Waals surface area contributed by atoms with Crippen molar-refractivity contribution in [2.75, 3.05) is 44.3 Å². The van der Waals surface area contributed by atoms with Crippen molar-refractivity contribution in [1.82, 2.24) is 14.9 Å². The molecular formula is C23H29BF2N4O4. The lowest BCUT2D eigenvalue weighted by Crippen LogP contribution is -2.56. The molecule has 4 aliphatic heterocycles. The molecule has 0 bridgehead atoms. The first-order valence-electron chi connectivity index (χ1n) is 12.2. The number of piperidine rings is 1. The Morgan fingerprint density at radius 2 is 2.00 bits per heavy atom. The Morgan fingerprint density at radius 3 is 2.76 bits per heavy atom. The van der Waals surface area contributed by atoms with Crippen molar-refractivity contribution >= 4 is 29.3 Å². The molecule has 4 fully saturated rings. The van der Waals surface area contributed by atoms with Gasteiger partial charge in [0.2, 0.25) is 0 Å². The lowest BCUT2D eigenvalue weighted by atomic mass is 9.79. The average Bonchev–Trinajstić information content (AvgIpc) is 3.32. The summed E-state index contributed by atoms with van der Waals surface area (Å²) in [6.45, 7) is 3.61. The minimum absolute atomic E-state index is 0.0173. The van der Waals surface area contributed by atoms with Gasteiger partial charge in [0.25, 0.3) is 0 Å². The second kappa shape index (κ2) is 8.25. The summed E-state index contributed by atoms with van der Waals surface area (Å²) >= 11 is 0. The summed E-state index contributed by atoms with van der Waals surface area (Å²) in [5, 5.41) is 19.7. The number of halogens is 2. The number of benzene rings is 1. The van der Waals surface area contributed by atoms with Gasteiger partial charge >= 0.3 is 13.1 Å². The van der Waals surface area contributed by atoms with Crippen LogP contribution in [0.2, 0.25) is 0 Å². The smallest absolute Gasteiger partial charge is 0.461 e. The van der Waals surface area contributed by atoms with E-state index >= 15 is 4.39 Å². The van der Waals surface area contributed by atoms with Crippen LogP contribution in [0.15, 0.2) is 12.1 Å². The van der Waals surface area contributed by atoms with E-state index in [2.05, 4.69) is 19.8 Å². The number of ether oxygens (including phenoxy) is 2. The van der Waals surface area contributed by atoms with Gasteiger partial charge in [0.15, 0.2) is 0 Å². The normalized spacial score (nSPS) is 31.2. The van der Waals surface area contributed by atoms with Crippen LogP contribution in [-0.4, -0.2) is 88.7 Å². The van der Waals surface area contributed by atoms with E-state index in [9.17, 15) is 14.4 Å². The Kier molecular flexibility index (Phi) is 5.44. The van der Waals surface area contributed by atoms with Crippen LogP contribution in [0, 0.1) is 5.82 Å². The second-order valence-electron chi connectivity index (χ2n) is 10.2. The van der Waals surface area contributed by atoms with Crippen molar-refractivity contribution in [3.8, 4) is 6.01 Å². The first kappa shape index (κ1) is 22.4. The summed E-state index contributed by atoms with van der Waals surface area (Å²) in [6.07, 6.45) is 4.25. The second-order valence-corrected chi connectivity index (χ2v) is 10.2. The van der Waals surface area contributed by atoms with Crippen molar-refractivity contribution in [2.24, 2.45) is 0 Å². The van der Waals surface area contributed by atoms with Crippen molar-refractivity contribution < 1.29 is 28.3 Å². The Morgan fingerprint density at radius 1 is 1.18 bits per heavy atom. The first-order valence-corrected chi connectivity index (χ1v) is 12.2. The number of hydrogen-bond donors (Lipinski definition) is 2. The van der Waals surface area contributed by atoms with Gasteiger partial charge in [-0.25, -0.2) is 8.78 Å². The highest BCUT2D eigenvalue weighted by Crippen LogP contribution is 2.41. The highest BCUT2D eigenvalue weighted by atomic mass is 19.1. The molecule has 6 rings (SSSR count). The third kappa shape index (κ3) is 3.64. The molecule has 11 heteroatoms. The molecule has 182 valence electrons. The predicted molar refractivity (Wildman–Crippen MR) is 123 cm³/mol. The van der Waals surface area contributed by atoms with Gasteiger partial charge in [-0.15, -0.1) is 0 Å².